The Hall–Kier alpha value is -2.67. The van der Waals surface area contributed by atoms with Gasteiger partial charge in [-0.25, -0.2) is 4.98 Å². The van der Waals surface area contributed by atoms with Gasteiger partial charge in [0.2, 0.25) is 5.91 Å². The Morgan fingerprint density at radius 2 is 2.04 bits per heavy atom. The zero-order valence-corrected chi connectivity index (χ0v) is 16.8. The van der Waals surface area contributed by atoms with Crippen LogP contribution < -0.4 is 11.1 Å². The number of nitrogens with one attached hydrogen (secondary N) is 1. The van der Waals surface area contributed by atoms with Gasteiger partial charge in [-0.2, -0.15) is 0 Å². The van der Waals surface area contributed by atoms with E-state index in [2.05, 4.69) is 28.5 Å². The number of primary amides is 1. The van der Waals surface area contributed by atoms with E-state index in [4.69, 9.17) is 5.73 Å². The van der Waals surface area contributed by atoms with Gasteiger partial charge in [0.1, 0.15) is 11.7 Å². The highest BCUT2D eigenvalue weighted by molar-refractivity contribution is 7.15. The molecule has 1 atom stereocenters. The van der Waals surface area contributed by atoms with E-state index in [1.807, 2.05) is 33.9 Å². The molecule has 2 heterocycles. The second-order valence-electron chi connectivity index (χ2n) is 7.28. The molecule has 0 saturated heterocycles. The van der Waals surface area contributed by atoms with Crippen molar-refractivity contribution in [3.05, 3.63) is 46.6 Å². The van der Waals surface area contributed by atoms with Crippen LogP contribution in [-0.4, -0.2) is 27.2 Å². The van der Waals surface area contributed by atoms with E-state index in [1.54, 1.807) is 9.78 Å². The summed E-state index contributed by atoms with van der Waals surface area (Å²) in [6.07, 6.45) is 2.37. The first-order valence-electron chi connectivity index (χ1n) is 8.90. The predicted octanol–water partition coefficient (Wildman–Crippen LogP) is 3.31. The highest BCUT2D eigenvalue weighted by Crippen LogP contribution is 2.27. The fraction of sp³-hybridized carbons (Fsp3) is 0.350. The molecule has 1 aromatic carbocycles. The molecule has 0 unspecified atom stereocenters. The van der Waals surface area contributed by atoms with Crippen molar-refractivity contribution in [3.63, 3.8) is 0 Å². The summed E-state index contributed by atoms with van der Waals surface area (Å²) < 4.78 is 1.77. The number of aromatic nitrogens is 2. The van der Waals surface area contributed by atoms with Gasteiger partial charge in [-0.05, 0) is 37.8 Å². The van der Waals surface area contributed by atoms with Crippen molar-refractivity contribution in [2.45, 2.75) is 40.2 Å². The number of fused-ring (bicyclic) bond motifs is 1. The molecule has 6 nitrogen and oxygen atoms in total. The number of aryl methyl sites for hydroxylation is 2. The van der Waals surface area contributed by atoms with Crippen molar-refractivity contribution in [3.8, 4) is 11.3 Å². The summed E-state index contributed by atoms with van der Waals surface area (Å²) in [5.41, 5.74) is 10.0. The van der Waals surface area contributed by atoms with E-state index < -0.39 is 11.9 Å². The second kappa shape index (κ2) is 7.52. The summed E-state index contributed by atoms with van der Waals surface area (Å²) in [4.78, 5) is 29.8. The van der Waals surface area contributed by atoms with Crippen LogP contribution in [-0.2, 0) is 4.79 Å². The number of nitrogens with two attached hydrogens (primary N) is 1. The van der Waals surface area contributed by atoms with Crippen LogP contribution in [0.25, 0.3) is 16.2 Å². The van der Waals surface area contributed by atoms with Crippen LogP contribution in [0.3, 0.4) is 0 Å². The molecule has 7 heteroatoms. The van der Waals surface area contributed by atoms with Gasteiger partial charge in [0.25, 0.3) is 5.91 Å². The number of carbonyl (C=O) groups is 2. The lowest BCUT2D eigenvalue weighted by atomic mass is 10.0. The fourth-order valence-electron chi connectivity index (χ4n) is 3.04. The Labute approximate surface area is 162 Å². The molecule has 0 bridgehead atoms. The minimum Gasteiger partial charge on any atom is -0.368 e. The van der Waals surface area contributed by atoms with Crippen LogP contribution in [0.2, 0.25) is 0 Å². The maximum atomic E-state index is 12.7. The number of thiazole rings is 1. The molecule has 0 fully saturated rings. The van der Waals surface area contributed by atoms with E-state index in [9.17, 15) is 9.59 Å². The Morgan fingerprint density at radius 3 is 2.70 bits per heavy atom. The normalized spacial score (nSPS) is 12.5. The Bertz CT molecular complexity index is 1000. The van der Waals surface area contributed by atoms with Crippen molar-refractivity contribution in [1.82, 2.24) is 14.7 Å². The molecule has 0 aliphatic carbocycles. The van der Waals surface area contributed by atoms with Gasteiger partial charge in [0, 0.05) is 17.1 Å². The lowest BCUT2D eigenvalue weighted by Crippen LogP contribution is -2.45. The molecule has 0 saturated carbocycles. The summed E-state index contributed by atoms with van der Waals surface area (Å²) in [6, 6.07) is 5.53. The van der Waals surface area contributed by atoms with Gasteiger partial charge in [-0.15, -0.1) is 11.3 Å². The first kappa shape index (κ1) is 19.1. The van der Waals surface area contributed by atoms with E-state index in [0.717, 1.165) is 27.3 Å². The summed E-state index contributed by atoms with van der Waals surface area (Å²) in [6.45, 7) is 8.05. The second-order valence-corrected chi connectivity index (χ2v) is 8.11. The number of nitrogens with zero attached hydrogens (tertiary/aromatic N) is 2. The maximum Gasteiger partial charge on any atom is 0.269 e. The highest BCUT2D eigenvalue weighted by Gasteiger charge is 2.22. The molecule has 3 N–H and O–H groups in total. The standard InChI is InChI=1S/C20H24N4O2S/c1-11(2)7-15(18(21)25)22-19(26)17-10-27-20-23-16(9-24(17)20)14-8-12(3)5-6-13(14)4/h5-6,8-11,15H,7H2,1-4H3,(H2,21,25)(H,22,26)/t15-/m0/s1. The van der Waals surface area contributed by atoms with E-state index in [1.165, 1.54) is 11.3 Å². The zero-order chi connectivity index (χ0) is 19.7. The number of rotatable bonds is 6. The number of hydrogen-bond acceptors (Lipinski definition) is 4. The first-order chi connectivity index (χ1) is 12.8. The third-order valence-corrected chi connectivity index (χ3v) is 5.31. The summed E-state index contributed by atoms with van der Waals surface area (Å²) >= 11 is 1.39. The van der Waals surface area contributed by atoms with Crippen LogP contribution in [0.15, 0.2) is 29.8 Å². The van der Waals surface area contributed by atoms with Gasteiger partial charge in [0.15, 0.2) is 4.96 Å². The van der Waals surface area contributed by atoms with Crippen LogP contribution in [0.5, 0.6) is 0 Å². The molecule has 27 heavy (non-hydrogen) atoms. The van der Waals surface area contributed by atoms with Crippen molar-refractivity contribution < 1.29 is 9.59 Å². The SMILES string of the molecule is Cc1ccc(C)c(-c2cn3c(C(=O)N[C@@H](CC(C)C)C(N)=O)csc3n2)c1. The Kier molecular flexibility index (Phi) is 5.32. The van der Waals surface area contributed by atoms with E-state index in [0.29, 0.717) is 12.1 Å². The monoisotopic (exact) mass is 384 g/mol. The molecule has 142 valence electrons. The molecular weight excluding hydrogens is 360 g/mol. The molecule has 3 aromatic rings. The van der Waals surface area contributed by atoms with Crippen LogP contribution in [0.4, 0.5) is 0 Å². The van der Waals surface area contributed by atoms with E-state index >= 15 is 0 Å². The fourth-order valence-corrected chi connectivity index (χ4v) is 3.89. The largest absolute Gasteiger partial charge is 0.368 e. The molecule has 0 spiro atoms. The van der Waals surface area contributed by atoms with Crippen LogP contribution in [0, 0.1) is 19.8 Å². The van der Waals surface area contributed by atoms with Crippen LogP contribution >= 0.6 is 11.3 Å². The minimum absolute atomic E-state index is 0.245. The average Bonchev–Trinajstić information content (AvgIpc) is 3.16. The average molecular weight is 385 g/mol. The summed E-state index contributed by atoms with van der Waals surface area (Å²) in [7, 11) is 0. The lowest BCUT2D eigenvalue weighted by molar-refractivity contribution is -0.120. The number of imidazole rings is 1. The quantitative estimate of drug-likeness (QED) is 0.683. The van der Waals surface area contributed by atoms with Gasteiger partial charge in [-0.3, -0.25) is 14.0 Å². The van der Waals surface area contributed by atoms with Gasteiger partial charge in [0.05, 0.1) is 5.69 Å². The molecule has 0 aliphatic heterocycles. The molecular formula is C20H24N4O2S. The van der Waals surface area contributed by atoms with Gasteiger partial charge in [-0.1, -0.05) is 31.5 Å². The summed E-state index contributed by atoms with van der Waals surface area (Å²) in [5.74, 6) is -0.602. The first-order valence-corrected chi connectivity index (χ1v) is 9.78. The summed E-state index contributed by atoms with van der Waals surface area (Å²) in [5, 5.41) is 4.50. The van der Waals surface area contributed by atoms with Crippen molar-refractivity contribution in [2.24, 2.45) is 11.7 Å². The third-order valence-electron chi connectivity index (χ3n) is 4.47. The lowest BCUT2D eigenvalue weighted by Gasteiger charge is -2.17. The molecule has 0 aliphatic rings. The smallest absolute Gasteiger partial charge is 0.269 e. The number of carbonyl (C=O) groups excluding carboxylic acids is 2. The zero-order valence-electron chi connectivity index (χ0n) is 15.9. The van der Waals surface area contributed by atoms with Gasteiger partial charge >= 0.3 is 0 Å². The molecule has 0 radical (unpaired) electrons. The highest BCUT2D eigenvalue weighted by atomic mass is 32.1. The van der Waals surface area contributed by atoms with Crippen molar-refractivity contribution in [1.29, 1.82) is 0 Å². The predicted molar refractivity (Wildman–Crippen MR) is 108 cm³/mol. The molecule has 2 amide bonds. The van der Waals surface area contributed by atoms with Crippen molar-refractivity contribution in [2.75, 3.05) is 0 Å². The van der Waals surface area contributed by atoms with Crippen LogP contribution in [0.1, 0.15) is 41.9 Å². The topological polar surface area (TPSA) is 89.5 Å². The Morgan fingerprint density at radius 1 is 1.30 bits per heavy atom. The minimum atomic E-state index is -0.686. The number of benzene rings is 1. The molecule has 3 rings (SSSR count). The van der Waals surface area contributed by atoms with Crippen molar-refractivity contribution >= 4 is 28.1 Å². The maximum absolute atomic E-state index is 12.7. The van der Waals surface area contributed by atoms with Gasteiger partial charge < -0.3 is 11.1 Å². The molecule has 2 aromatic heterocycles. The Balaban J connectivity index is 1.92. The number of hydrogen-bond donors (Lipinski definition) is 2. The number of amides is 2. The van der Waals surface area contributed by atoms with E-state index in [-0.39, 0.29) is 11.8 Å². The third kappa shape index (κ3) is 4.03.